The third kappa shape index (κ3) is 20.1. The van der Waals surface area contributed by atoms with Crippen molar-refractivity contribution in [2.24, 2.45) is 11.3 Å². The minimum absolute atomic E-state index is 0. The summed E-state index contributed by atoms with van der Waals surface area (Å²) in [5.41, 5.74) is 8.53. The minimum atomic E-state index is -4.17. The molecule has 0 bridgehead atoms. The summed E-state index contributed by atoms with van der Waals surface area (Å²) in [5.74, 6) is 6.50. The number of rotatable bonds is 19. The van der Waals surface area contributed by atoms with E-state index < -0.39 is 34.6 Å². The van der Waals surface area contributed by atoms with Crippen LogP contribution in [0.1, 0.15) is 95.7 Å². The summed E-state index contributed by atoms with van der Waals surface area (Å²) in [6, 6.07) is 38.7. The number of sulfonamides is 1. The van der Waals surface area contributed by atoms with Gasteiger partial charge in [0, 0.05) is 168 Å². The van der Waals surface area contributed by atoms with E-state index >= 15 is 0 Å². The third-order valence-corrected chi connectivity index (χ3v) is 20.0. The molecule has 1 unspecified atom stereocenters. The largest absolute Gasteiger partial charge is 0.412 e. The van der Waals surface area contributed by atoms with Crippen LogP contribution in [0.3, 0.4) is 0 Å². The number of piperidine rings is 1. The molecule has 0 aromatic heterocycles. The van der Waals surface area contributed by atoms with Gasteiger partial charge in [-0.2, -0.15) is 18.2 Å². The molecule has 1 radical (unpaired) electrons. The van der Waals surface area contributed by atoms with E-state index in [0.717, 1.165) is 151 Å². The fourth-order valence-corrected chi connectivity index (χ4v) is 14.7. The normalized spacial score (nSPS) is 20.2. The smallest absolute Gasteiger partial charge is 0.264 e. The number of anilines is 2. The van der Waals surface area contributed by atoms with E-state index in [1.165, 1.54) is 33.7 Å². The van der Waals surface area contributed by atoms with Crippen molar-refractivity contribution in [1.29, 1.82) is 0 Å². The average molecular weight is 1340 g/mol. The molecule has 4 fully saturated rings. The molecule has 7 N–H and O–H groups in total. The number of fused-ring (bicyclic) bond motifs is 1. The molecule has 1 aliphatic carbocycles. The van der Waals surface area contributed by atoms with Gasteiger partial charge in [0.25, 0.3) is 11.8 Å². The van der Waals surface area contributed by atoms with Crippen molar-refractivity contribution in [3.8, 4) is 11.8 Å². The first kappa shape index (κ1) is 72.5. The number of thioether (sulfide) groups is 1. The summed E-state index contributed by atoms with van der Waals surface area (Å²) in [4.78, 5) is 63.5. The minimum Gasteiger partial charge on any atom is -0.412 e. The number of piperazine rings is 1. The van der Waals surface area contributed by atoms with Gasteiger partial charge in [0.05, 0.1) is 6.61 Å². The Balaban J connectivity index is 0.00000163. The van der Waals surface area contributed by atoms with Crippen molar-refractivity contribution >= 4 is 74.0 Å². The molecule has 4 saturated heterocycles. The van der Waals surface area contributed by atoms with Crippen LogP contribution in [-0.2, 0) is 56.7 Å². The first-order valence-electron chi connectivity index (χ1n) is 30.1. The van der Waals surface area contributed by atoms with E-state index in [-0.39, 0.29) is 76.9 Å². The molecule has 3 atom stereocenters. The number of halogens is 4. The molecule has 6 aliphatic rings. The molecule has 11 rings (SSSR count). The number of amides is 4. The Labute approximate surface area is 559 Å². The quantitative estimate of drug-likeness (QED) is 0.0305. The van der Waals surface area contributed by atoms with Crippen molar-refractivity contribution in [2.75, 3.05) is 101 Å². The van der Waals surface area contributed by atoms with Crippen molar-refractivity contribution in [3.63, 3.8) is 0 Å². The van der Waals surface area contributed by atoms with Crippen LogP contribution in [0.5, 0.6) is 0 Å². The number of likely N-dealkylation sites (tertiary alicyclic amines) is 1. The number of carbonyl (C=O) groups excluding carboxylic acids is 4. The number of hydrogen-bond acceptors (Lipinski definition) is 13. The maximum Gasteiger partial charge on any atom is 0.264 e. The van der Waals surface area contributed by atoms with Gasteiger partial charge in [0.2, 0.25) is 21.8 Å². The van der Waals surface area contributed by atoms with Crippen LogP contribution < -0.4 is 20.3 Å². The molecule has 0 saturated carbocycles. The van der Waals surface area contributed by atoms with Gasteiger partial charge in [-0.25, -0.2) is 8.42 Å². The summed E-state index contributed by atoms with van der Waals surface area (Å²) >= 11 is 8.16. The van der Waals surface area contributed by atoms with E-state index in [2.05, 4.69) is 84.1 Å². The standard InChI is InChI=1S/C66H74ClN8O7S2.CF3.2H2O.Sc/c1-66(46-73-41-48(42-73)8-5-7-47-11-24-60-51(39-47)44-75(65(60)79)61-25-26-62(76)69-64(61)78)29-27-59(49-12-16-53(67)17-13-49)52(40-66)43-72-32-34-74(35-33-72)56-20-14-50(15-21-56)63(77)70-84(80,81)58-22-18-54(19-23-58)68-55(45-83-57-9-3-2-4-10-57)28-31-71-30-6-37-82-38-36-71;2-1(3)4;;;/h2-4,9-18,20-24,39,48,55,61,68H,6,8,25-38,40-46H2,1H3,(H,70,77)(H,69,76,78);;2*1H2;/q2*-1;;;/t55-,61?,66-;;;;/m1..../s1. The molecule has 5 aliphatic heterocycles. The number of imide groups is 1. The summed E-state index contributed by atoms with van der Waals surface area (Å²) in [6.45, 7) is 11.4. The van der Waals surface area contributed by atoms with Crippen LogP contribution >= 0.6 is 23.4 Å². The summed E-state index contributed by atoms with van der Waals surface area (Å²) < 4.78 is 63.8. The van der Waals surface area contributed by atoms with Crippen LogP contribution in [0.15, 0.2) is 131 Å². The van der Waals surface area contributed by atoms with Gasteiger partial charge in [-0.1, -0.05) is 72.0 Å². The van der Waals surface area contributed by atoms with Crippen LogP contribution in [-0.4, -0.2) is 166 Å². The number of benzene rings is 5. The second-order valence-electron chi connectivity index (χ2n) is 23.9. The molecule has 91 heavy (non-hydrogen) atoms. The van der Waals surface area contributed by atoms with Crippen molar-refractivity contribution < 1.29 is 82.3 Å². The first-order chi connectivity index (χ1) is 42.4. The second kappa shape index (κ2) is 33.8. The zero-order valence-corrected chi connectivity index (χ0v) is 55.2. The summed E-state index contributed by atoms with van der Waals surface area (Å²) in [5, 5.41) is 6.69. The zero-order chi connectivity index (χ0) is 61.8. The number of carbonyl (C=O) groups is 4. The Morgan fingerprint density at radius 3 is 2.33 bits per heavy atom. The van der Waals surface area contributed by atoms with Gasteiger partial charge >= 0.3 is 0 Å². The van der Waals surface area contributed by atoms with Crippen molar-refractivity contribution in [3.05, 3.63) is 166 Å². The molecule has 24 heteroatoms. The Bertz CT molecular complexity index is 3470. The number of nitrogens with one attached hydrogen (secondary N) is 3. The third-order valence-electron chi connectivity index (χ3n) is 17.3. The van der Waals surface area contributed by atoms with Gasteiger partial charge in [0.15, 0.2) is 6.68 Å². The maximum absolute atomic E-state index is 13.5. The van der Waals surface area contributed by atoms with Gasteiger partial charge < -0.3 is 53.8 Å². The molecule has 5 heterocycles. The van der Waals surface area contributed by atoms with Crippen LogP contribution in [0.4, 0.5) is 24.5 Å². The van der Waals surface area contributed by atoms with Gasteiger partial charge in [-0.15, -0.1) is 17.8 Å². The fourth-order valence-electron chi connectivity index (χ4n) is 12.7. The number of nitrogens with zero attached hydrogens (tertiary/aromatic N) is 5. The van der Waals surface area contributed by atoms with E-state index in [9.17, 15) is 40.8 Å². The van der Waals surface area contributed by atoms with Crippen molar-refractivity contribution in [2.45, 2.75) is 86.7 Å². The second-order valence-corrected chi connectivity index (χ2v) is 27.1. The molecule has 485 valence electrons. The van der Waals surface area contributed by atoms with E-state index in [0.29, 0.717) is 30.1 Å². The molecular formula is C67H78ClF3N8O9S2Sc-2. The molecule has 0 spiro atoms. The Morgan fingerprint density at radius 2 is 1.63 bits per heavy atom. The van der Waals surface area contributed by atoms with Gasteiger partial charge in [-0.05, 0) is 138 Å². The van der Waals surface area contributed by atoms with Gasteiger partial charge in [-0.3, -0.25) is 34.1 Å². The monoisotopic (exact) mass is 1340 g/mol. The molecular weight excluding hydrogens is 1260 g/mol. The molecule has 5 aromatic carbocycles. The van der Waals surface area contributed by atoms with Crippen LogP contribution in [0.25, 0.3) is 5.57 Å². The van der Waals surface area contributed by atoms with E-state index in [1.54, 1.807) is 34.9 Å². The average Bonchev–Trinajstić information content (AvgIpc) is 1.76. The fraction of sp³-hybridized carbons (Fsp3) is 0.418. The molecule has 17 nitrogen and oxygen atoms in total. The number of hydrogen-bond donors (Lipinski definition) is 3. The Kier molecular flexibility index (Phi) is 26.9. The summed E-state index contributed by atoms with van der Waals surface area (Å²) in [6.07, 6.45) is 6.40. The van der Waals surface area contributed by atoms with E-state index in [4.69, 9.17) is 16.3 Å². The topological polar surface area (TPSA) is 227 Å². The predicted molar refractivity (Wildman–Crippen MR) is 344 cm³/mol. The number of ether oxygens (including phenoxy) is 1. The SMILES string of the molecule is C[C@@]1(CN2CC(CC#Cc3ccc4c(c3)CN(C3CCC(=O)NC3=O)C4=O)C2)CCC(c2ccc(Cl)cc2)=C(CN2CCN(c3ccc(C(=O)NS(=O)(=O)c4c[c-]c(N[C@H](CCN5CCCOCC5)CSc5ccccc5)cc4)cc3)CC2)C1.F[C-](F)F.O.O.[Sc]. The molecule has 4 amide bonds. The van der Waals surface area contributed by atoms with Crippen LogP contribution in [0, 0.1) is 35.9 Å². The molecule has 5 aromatic rings. The van der Waals surface area contributed by atoms with Gasteiger partial charge in [0.1, 0.15) is 6.04 Å². The van der Waals surface area contributed by atoms with E-state index in [1.807, 2.05) is 60.7 Å². The predicted octanol–water partition coefficient (Wildman–Crippen LogP) is 8.53. The first-order valence-corrected chi connectivity index (χ1v) is 33.0. The summed E-state index contributed by atoms with van der Waals surface area (Å²) in [7, 11) is -4.17. The Morgan fingerprint density at radius 1 is 0.890 bits per heavy atom. The Hall–Kier alpha value is -5.91. The van der Waals surface area contributed by atoms with Crippen LogP contribution in [0.2, 0.25) is 5.02 Å². The zero-order valence-electron chi connectivity index (χ0n) is 51.0. The number of allylic oxidation sites excluding steroid dienone is 1. The van der Waals surface area contributed by atoms with Crippen molar-refractivity contribution in [1.82, 2.24) is 29.6 Å². The maximum atomic E-state index is 13.5.